The SMILES string of the molecule is c1ccc(CC2CN(CCC3CCC3)CCN2)cc1. The van der Waals surface area contributed by atoms with E-state index in [0.717, 1.165) is 12.5 Å². The number of nitrogens with one attached hydrogen (secondary N) is 1. The van der Waals surface area contributed by atoms with Crippen molar-refractivity contribution in [3.05, 3.63) is 35.9 Å². The van der Waals surface area contributed by atoms with Crippen molar-refractivity contribution in [3.8, 4) is 0 Å². The van der Waals surface area contributed by atoms with Crippen molar-refractivity contribution in [2.24, 2.45) is 5.92 Å². The fourth-order valence-electron chi connectivity index (χ4n) is 3.28. The van der Waals surface area contributed by atoms with E-state index in [1.54, 1.807) is 0 Å². The topological polar surface area (TPSA) is 15.3 Å². The monoisotopic (exact) mass is 258 g/mol. The molecule has 1 saturated heterocycles. The first kappa shape index (κ1) is 13.1. The van der Waals surface area contributed by atoms with Crippen LogP contribution < -0.4 is 5.32 Å². The van der Waals surface area contributed by atoms with Gasteiger partial charge in [0.25, 0.3) is 0 Å². The second kappa shape index (κ2) is 6.53. The normalized spacial score (nSPS) is 25.2. The summed E-state index contributed by atoms with van der Waals surface area (Å²) < 4.78 is 0. The van der Waals surface area contributed by atoms with Crippen LogP contribution in [0.2, 0.25) is 0 Å². The zero-order valence-corrected chi connectivity index (χ0v) is 11.9. The third-order valence-electron chi connectivity index (χ3n) is 4.74. The van der Waals surface area contributed by atoms with Crippen LogP contribution in [-0.4, -0.2) is 37.1 Å². The molecule has 1 N–H and O–H groups in total. The minimum Gasteiger partial charge on any atom is -0.311 e. The fourth-order valence-corrected chi connectivity index (χ4v) is 3.28. The highest BCUT2D eigenvalue weighted by molar-refractivity contribution is 5.16. The molecule has 1 aliphatic heterocycles. The van der Waals surface area contributed by atoms with Gasteiger partial charge in [0.1, 0.15) is 0 Å². The van der Waals surface area contributed by atoms with Gasteiger partial charge in [0.15, 0.2) is 0 Å². The van der Waals surface area contributed by atoms with Crippen molar-refractivity contribution < 1.29 is 0 Å². The zero-order chi connectivity index (χ0) is 12.9. The summed E-state index contributed by atoms with van der Waals surface area (Å²) in [5.74, 6) is 1.04. The van der Waals surface area contributed by atoms with Crippen molar-refractivity contribution in [3.63, 3.8) is 0 Å². The van der Waals surface area contributed by atoms with E-state index in [9.17, 15) is 0 Å². The van der Waals surface area contributed by atoms with Gasteiger partial charge in [-0.05, 0) is 30.9 Å². The Bertz CT molecular complexity index is 372. The zero-order valence-electron chi connectivity index (χ0n) is 11.9. The van der Waals surface area contributed by atoms with Crippen molar-refractivity contribution in [1.82, 2.24) is 10.2 Å². The van der Waals surface area contributed by atoms with Crippen LogP contribution in [0.1, 0.15) is 31.2 Å². The van der Waals surface area contributed by atoms with Gasteiger partial charge in [0, 0.05) is 25.7 Å². The Morgan fingerprint density at radius 1 is 1.16 bits per heavy atom. The lowest BCUT2D eigenvalue weighted by molar-refractivity contribution is 0.170. The summed E-state index contributed by atoms with van der Waals surface area (Å²) in [5.41, 5.74) is 1.46. The predicted octanol–water partition coefficient (Wildman–Crippen LogP) is 2.69. The van der Waals surface area contributed by atoms with Crippen LogP contribution in [0, 0.1) is 5.92 Å². The number of benzene rings is 1. The number of rotatable bonds is 5. The van der Waals surface area contributed by atoms with E-state index in [-0.39, 0.29) is 0 Å². The minimum absolute atomic E-state index is 0.637. The third-order valence-corrected chi connectivity index (χ3v) is 4.74. The molecule has 3 rings (SSSR count). The van der Waals surface area contributed by atoms with Crippen LogP contribution in [-0.2, 0) is 6.42 Å². The van der Waals surface area contributed by atoms with Gasteiger partial charge in [-0.25, -0.2) is 0 Å². The lowest BCUT2D eigenvalue weighted by Gasteiger charge is -2.35. The van der Waals surface area contributed by atoms with E-state index in [1.807, 2.05) is 0 Å². The Labute approximate surface area is 117 Å². The molecule has 1 aromatic carbocycles. The van der Waals surface area contributed by atoms with E-state index in [4.69, 9.17) is 0 Å². The van der Waals surface area contributed by atoms with Crippen LogP contribution in [0.5, 0.6) is 0 Å². The molecule has 1 atom stereocenters. The molecule has 19 heavy (non-hydrogen) atoms. The second-order valence-corrected chi connectivity index (χ2v) is 6.23. The van der Waals surface area contributed by atoms with Crippen LogP contribution >= 0.6 is 0 Å². The van der Waals surface area contributed by atoms with Crippen LogP contribution in [0.3, 0.4) is 0 Å². The summed E-state index contributed by atoms with van der Waals surface area (Å²) in [4.78, 5) is 2.67. The molecule has 2 heteroatoms. The fraction of sp³-hybridized carbons (Fsp3) is 0.647. The first-order valence-corrected chi connectivity index (χ1v) is 7.90. The molecule has 1 aromatic rings. The van der Waals surface area contributed by atoms with Gasteiger partial charge in [0.2, 0.25) is 0 Å². The van der Waals surface area contributed by atoms with Crippen molar-refractivity contribution in [2.45, 2.75) is 38.1 Å². The molecule has 2 aliphatic rings. The number of nitrogens with zero attached hydrogens (tertiary/aromatic N) is 1. The van der Waals surface area contributed by atoms with Gasteiger partial charge in [-0.3, -0.25) is 0 Å². The van der Waals surface area contributed by atoms with Gasteiger partial charge in [-0.1, -0.05) is 49.6 Å². The molecule has 1 aliphatic carbocycles. The first-order chi connectivity index (χ1) is 9.40. The van der Waals surface area contributed by atoms with E-state index < -0.39 is 0 Å². The van der Waals surface area contributed by atoms with Gasteiger partial charge in [-0.2, -0.15) is 0 Å². The molecule has 1 heterocycles. The number of hydrogen-bond donors (Lipinski definition) is 1. The van der Waals surface area contributed by atoms with Gasteiger partial charge in [-0.15, -0.1) is 0 Å². The third kappa shape index (κ3) is 3.80. The predicted molar refractivity (Wildman–Crippen MR) is 80.3 cm³/mol. The van der Waals surface area contributed by atoms with E-state index in [0.29, 0.717) is 6.04 Å². The Morgan fingerprint density at radius 2 is 2.00 bits per heavy atom. The number of hydrogen-bond acceptors (Lipinski definition) is 2. The molecule has 104 valence electrons. The lowest BCUT2D eigenvalue weighted by atomic mass is 9.83. The molecule has 1 saturated carbocycles. The molecular formula is C17H26N2. The van der Waals surface area contributed by atoms with Crippen molar-refractivity contribution in [1.29, 1.82) is 0 Å². The summed E-state index contributed by atoms with van der Waals surface area (Å²) >= 11 is 0. The largest absolute Gasteiger partial charge is 0.311 e. The molecule has 0 bridgehead atoms. The summed E-state index contributed by atoms with van der Waals surface area (Å²) in [7, 11) is 0. The maximum Gasteiger partial charge on any atom is 0.0235 e. The summed E-state index contributed by atoms with van der Waals surface area (Å²) in [5, 5.41) is 3.67. The maximum absolute atomic E-state index is 3.67. The summed E-state index contributed by atoms with van der Waals surface area (Å²) in [6, 6.07) is 11.5. The van der Waals surface area contributed by atoms with E-state index in [1.165, 1.54) is 57.3 Å². The smallest absolute Gasteiger partial charge is 0.0235 e. The molecule has 2 fully saturated rings. The van der Waals surface area contributed by atoms with Crippen LogP contribution in [0.4, 0.5) is 0 Å². The van der Waals surface area contributed by atoms with Gasteiger partial charge < -0.3 is 10.2 Å². The first-order valence-electron chi connectivity index (χ1n) is 7.90. The van der Waals surface area contributed by atoms with Crippen molar-refractivity contribution in [2.75, 3.05) is 26.2 Å². The average molecular weight is 258 g/mol. The van der Waals surface area contributed by atoms with Crippen LogP contribution in [0.25, 0.3) is 0 Å². The molecule has 0 radical (unpaired) electrons. The Kier molecular flexibility index (Phi) is 4.52. The molecule has 1 unspecified atom stereocenters. The Hall–Kier alpha value is -0.860. The highest BCUT2D eigenvalue weighted by atomic mass is 15.2. The standard InChI is InChI=1S/C17H26N2/c1-2-5-16(6-3-1)13-17-14-19(12-10-18-17)11-9-15-7-4-8-15/h1-3,5-6,15,17-18H,4,7-14H2. The molecule has 0 aromatic heterocycles. The lowest BCUT2D eigenvalue weighted by Crippen LogP contribution is -2.51. The molecule has 0 spiro atoms. The number of piperazine rings is 1. The van der Waals surface area contributed by atoms with E-state index >= 15 is 0 Å². The maximum atomic E-state index is 3.67. The van der Waals surface area contributed by atoms with Gasteiger partial charge in [0.05, 0.1) is 0 Å². The van der Waals surface area contributed by atoms with Gasteiger partial charge >= 0.3 is 0 Å². The molecular weight excluding hydrogens is 232 g/mol. The van der Waals surface area contributed by atoms with Crippen LogP contribution in [0.15, 0.2) is 30.3 Å². The quantitative estimate of drug-likeness (QED) is 0.873. The average Bonchev–Trinajstić information content (AvgIpc) is 2.39. The van der Waals surface area contributed by atoms with E-state index in [2.05, 4.69) is 40.5 Å². The second-order valence-electron chi connectivity index (χ2n) is 6.23. The minimum atomic E-state index is 0.637. The molecule has 0 amide bonds. The Balaban J connectivity index is 1.44. The highest BCUT2D eigenvalue weighted by Gasteiger charge is 2.22. The molecule has 2 nitrogen and oxygen atoms in total. The summed E-state index contributed by atoms with van der Waals surface area (Å²) in [6.07, 6.45) is 7.04. The van der Waals surface area contributed by atoms with Crippen molar-refractivity contribution >= 4 is 0 Å². The summed E-state index contributed by atoms with van der Waals surface area (Å²) in [6.45, 7) is 4.93. The highest BCUT2D eigenvalue weighted by Crippen LogP contribution is 2.29. The Morgan fingerprint density at radius 3 is 2.74 bits per heavy atom.